The molecule has 150 valence electrons. The van der Waals surface area contributed by atoms with Crippen LogP contribution in [-0.2, 0) is 17.8 Å². The maximum atomic E-state index is 12.4. The second-order valence-electron chi connectivity index (χ2n) is 6.84. The van der Waals surface area contributed by atoms with Crippen LogP contribution in [0.5, 0.6) is 0 Å². The first-order valence-corrected chi connectivity index (χ1v) is 10.7. The molecule has 0 bridgehead atoms. The van der Waals surface area contributed by atoms with Crippen LogP contribution in [-0.4, -0.2) is 26.4 Å². The first kappa shape index (κ1) is 19.9. The van der Waals surface area contributed by atoms with Crippen LogP contribution < -0.4 is 5.32 Å². The molecule has 0 spiro atoms. The van der Waals surface area contributed by atoms with Crippen molar-refractivity contribution in [2.45, 2.75) is 18.1 Å². The number of hydrogen-bond acceptors (Lipinski definition) is 4. The number of carbonyl (C=O) groups excluding carboxylic acids is 1. The molecule has 5 nitrogen and oxygen atoms in total. The minimum absolute atomic E-state index is 0.0647. The molecule has 0 aliphatic heterocycles. The van der Waals surface area contributed by atoms with Gasteiger partial charge in [0.05, 0.1) is 12.3 Å². The number of thioether (sulfide) groups is 1. The highest BCUT2D eigenvalue weighted by Crippen LogP contribution is 2.21. The van der Waals surface area contributed by atoms with E-state index < -0.39 is 0 Å². The fourth-order valence-electron chi connectivity index (χ4n) is 3.11. The van der Waals surface area contributed by atoms with Gasteiger partial charge in [0, 0.05) is 12.1 Å². The standard InChI is InChI=1S/C24H22N4OS/c29-23(25-21-14-8-3-9-15-21)18-30-24-27-26-22(16-19-10-4-1-5-11-19)28(24)17-20-12-6-2-7-13-20/h1-15H,16-18H2,(H,25,29). The first-order chi connectivity index (χ1) is 14.8. The van der Waals surface area contributed by atoms with Gasteiger partial charge in [-0.25, -0.2) is 0 Å². The fourth-order valence-corrected chi connectivity index (χ4v) is 3.87. The molecule has 4 rings (SSSR count). The van der Waals surface area contributed by atoms with E-state index >= 15 is 0 Å². The van der Waals surface area contributed by atoms with Crippen molar-refractivity contribution in [1.82, 2.24) is 14.8 Å². The Morgan fingerprint density at radius 1 is 0.800 bits per heavy atom. The van der Waals surface area contributed by atoms with E-state index in [1.54, 1.807) is 0 Å². The minimum Gasteiger partial charge on any atom is -0.325 e. The molecule has 30 heavy (non-hydrogen) atoms. The zero-order chi connectivity index (χ0) is 20.6. The van der Waals surface area contributed by atoms with Gasteiger partial charge in [0.1, 0.15) is 5.82 Å². The summed E-state index contributed by atoms with van der Waals surface area (Å²) in [7, 11) is 0. The number of nitrogens with one attached hydrogen (secondary N) is 1. The van der Waals surface area contributed by atoms with Gasteiger partial charge in [0.25, 0.3) is 0 Å². The molecule has 0 unspecified atom stereocenters. The third-order valence-electron chi connectivity index (χ3n) is 4.57. The summed E-state index contributed by atoms with van der Waals surface area (Å²) in [6.45, 7) is 0.665. The largest absolute Gasteiger partial charge is 0.325 e. The number of aromatic nitrogens is 3. The van der Waals surface area contributed by atoms with Crippen molar-refractivity contribution in [2.24, 2.45) is 0 Å². The zero-order valence-corrected chi connectivity index (χ0v) is 17.3. The average molecular weight is 415 g/mol. The lowest BCUT2D eigenvalue weighted by Gasteiger charge is -2.11. The average Bonchev–Trinajstić information content (AvgIpc) is 3.15. The van der Waals surface area contributed by atoms with E-state index in [0.717, 1.165) is 16.7 Å². The lowest BCUT2D eigenvalue weighted by Crippen LogP contribution is -2.15. The highest BCUT2D eigenvalue weighted by molar-refractivity contribution is 7.99. The van der Waals surface area contributed by atoms with E-state index in [1.165, 1.54) is 22.9 Å². The maximum absolute atomic E-state index is 12.4. The molecule has 0 radical (unpaired) electrons. The maximum Gasteiger partial charge on any atom is 0.234 e. The van der Waals surface area contributed by atoms with Crippen LogP contribution in [0, 0.1) is 0 Å². The fraction of sp³-hybridized carbons (Fsp3) is 0.125. The van der Waals surface area contributed by atoms with Gasteiger partial charge >= 0.3 is 0 Å². The number of benzene rings is 3. The molecule has 0 aliphatic rings. The summed E-state index contributed by atoms with van der Waals surface area (Å²) < 4.78 is 2.10. The molecular weight excluding hydrogens is 392 g/mol. The Hall–Kier alpha value is -3.38. The van der Waals surface area contributed by atoms with Crippen molar-refractivity contribution in [3.8, 4) is 0 Å². The van der Waals surface area contributed by atoms with Gasteiger partial charge in [0.2, 0.25) is 5.91 Å². The Kier molecular flexibility index (Phi) is 6.57. The summed E-state index contributed by atoms with van der Waals surface area (Å²) in [5.41, 5.74) is 3.14. The Morgan fingerprint density at radius 3 is 2.07 bits per heavy atom. The Labute approximate surface area is 180 Å². The monoisotopic (exact) mass is 414 g/mol. The van der Waals surface area contributed by atoms with Gasteiger partial charge in [0.15, 0.2) is 5.16 Å². The van der Waals surface area contributed by atoms with E-state index in [-0.39, 0.29) is 11.7 Å². The highest BCUT2D eigenvalue weighted by atomic mass is 32.2. The summed E-state index contributed by atoms with van der Waals surface area (Å²) in [5.74, 6) is 1.09. The van der Waals surface area contributed by atoms with Crippen molar-refractivity contribution >= 4 is 23.4 Å². The van der Waals surface area contributed by atoms with Crippen LogP contribution in [0.3, 0.4) is 0 Å². The second kappa shape index (κ2) is 9.89. The summed E-state index contributed by atoms with van der Waals surface area (Å²) in [6.07, 6.45) is 0.692. The Bertz CT molecular complexity index is 1080. The molecule has 0 atom stereocenters. The van der Waals surface area contributed by atoms with Crippen molar-refractivity contribution < 1.29 is 4.79 Å². The van der Waals surface area contributed by atoms with Crippen LogP contribution in [0.25, 0.3) is 0 Å². The molecule has 0 saturated carbocycles. The van der Waals surface area contributed by atoms with E-state index in [0.29, 0.717) is 13.0 Å². The molecule has 0 aliphatic carbocycles. The van der Waals surface area contributed by atoms with Crippen LogP contribution in [0.15, 0.2) is 96.2 Å². The highest BCUT2D eigenvalue weighted by Gasteiger charge is 2.15. The number of nitrogens with zero attached hydrogens (tertiary/aromatic N) is 3. The lowest BCUT2D eigenvalue weighted by molar-refractivity contribution is -0.113. The number of carbonyl (C=O) groups is 1. The quantitative estimate of drug-likeness (QED) is 0.427. The predicted molar refractivity (Wildman–Crippen MR) is 121 cm³/mol. The van der Waals surface area contributed by atoms with Crippen molar-refractivity contribution in [3.05, 3.63) is 108 Å². The summed E-state index contributed by atoms with van der Waals surface area (Å²) in [5, 5.41) is 12.5. The van der Waals surface area contributed by atoms with E-state index in [2.05, 4.69) is 44.3 Å². The first-order valence-electron chi connectivity index (χ1n) is 9.75. The van der Waals surface area contributed by atoms with Crippen molar-refractivity contribution in [3.63, 3.8) is 0 Å². The van der Waals surface area contributed by atoms with Crippen molar-refractivity contribution in [2.75, 3.05) is 11.1 Å². The summed E-state index contributed by atoms with van der Waals surface area (Å²) in [6, 6.07) is 29.9. The summed E-state index contributed by atoms with van der Waals surface area (Å²) >= 11 is 1.40. The van der Waals surface area contributed by atoms with E-state index in [4.69, 9.17) is 0 Å². The van der Waals surface area contributed by atoms with Crippen molar-refractivity contribution in [1.29, 1.82) is 0 Å². The number of hydrogen-bond donors (Lipinski definition) is 1. The van der Waals surface area contributed by atoms with Crippen LogP contribution in [0.2, 0.25) is 0 Å². The number of anilines is 1. The lowest BCUT2D eigenvalue weighted by atomic mass is 10.1. The zero-order valence-electron chi connectivity index (χ0n) is 16.4. The van der Waals surface area contributed by atoms with Gasteiger partial charge in [-0.05, 0) is 23.3 Å². The van der Waals surface area contributed by atoms with E-state index in [1.807, 2.05) is 66.7 Å². The molecule has 0 fully saturated rings. The molecule has 1 N–H and O–H groups in total. The Balaban J connectivity index is 1.50. The predicted octanol–water partition coefficient (Wildman–Crippen LogP) is 4.65. The molecular formula is C24H22N4OS. The third-order valence-corrected chi connectivity index (χ3v) is 5.54. The van der Waals surface area contributed by atoms with Gasteiger partial charge in [-0.15, -0.1) is 10.2 Å². The van der Waals surface area contributed by atoms with Gasteiger partial charge in [-0.1, -0.05) is 90.6 Å². The van der Waals surface area contributed by atoms with Gasteiger partial charge in [-0.3, -0.25) is 4.79 Å². The van der Waals surface area contributed by atoms with Crippen LogP contribution in [0.4, 0.5) is 5.69 Å². The van der Waals surface area contributed by atoms with Crippen LogP contribution >= 0.6 is 11.8 Å². The molecule has 6 heteroatoms. The number of rotatable bonds is 8. The number of amides is 1. The van der Waals surface area contributed by atoms with Crippen LogP contribution in [0.1, 0.15) is 17.0 Å². The normalized spacial score (nSPS) is 10.7. The molecule has 3 aromatic carbocycles. The second-order valence-corrected chi connectivity index (χ2v) is 7.78. The molecule has 0 saturated heterocycles. The third kappa shape index (κ3) is 5.36. The minimum atomic E-state index is -0.0647. The molecule has 4 aromatic rings. The smallest absolute Gasteiger partial charge is 0.234 e. The summed E-state index contributed by atoms with van der Waals surface area (Å²) in [4.78, 5) is 12.4. The number of para-hydroxylation sites is 1. The van der Waals surface area contributed by atoms with Gasteiger partial charge < -0.3 is 9.88 Å². The topological polar surface area (TPSA) is 59.8 Å². The molecule has 1 aromatic heterocycles. The van der Waals surface area contributed by atoms with E-state index in [9.17, 15) is 4.79 Å². The Morgan fingerprint density at radius 2 is 1.40 bits per heavy atom. The SMILES string of the molecule is O=C(CSc1nnc(Cc2ccccc2)n1Cc1ccccc1)Nc1ccccc1. The molecule has 1 amide bonds. The van der Waals surface area contributed by atoms with Gasteiger partial charge in [-0.2, -0.15) is 0 Å². The molecule has 1 heterocycles.